The van der Waals surface area contributed by atoms with E-state index in [1.807, 2.05) is 0 Å². The Morgan fingerprint density at radius 2 is 0.942 bits per heavy atom. The van der Waals surface area contributed by atoms with Gasteiger partial charge in [0.2, 0.25) is 0 Å². The van der Waals surface area contributed by atoms with Gasteiger partial charge in [0.15, 0.2) is 0 Å². The molecular weight excluding hydrogens is 849 g/mol. The Balaban J connectivity index is 1.10. The van der Waals surface area contributed by atoms with Crippen molar-refractivity contribution >= 4 is 73.3 Å². The van der Waals surface area contributed by atoms with E-state index in [0.717, 1.165) is 22.7 Å². The molecule has 4 bridgehead atoms. The van der Waals surface area contributed by atoms with E-state index >= 15 is 0 Å². The lowest BCUT2D eigenvalue weighted by Crippen LogP contribution is -2.71. The number of hydrogen-bond acceptors (Lipinski definition) is 1. The molecule has 1 aromatic heterocycles. The van der Waals surface area contributed by atoms with Crippen LogP contribution in [0.15, 0.2) is 249 Å². The monoisotopic (exact) mass is 892 g/mol. The molecule has 0 fully saturated rings. The third-order valence-corrected chi connectivity index (χ3v) is 20.5. The van der Waals surface area contributed by atoms with E-state index in [9.17, 15) is 0 Å². The van der Waals surface area contributed by atoms with E-state index in [2.05, 4.69) is 265 Å². The van der Waals surface area contributed by atoms with Crippen molar-refractivity contribution in [3.8, 4) is 39.1 Å². The Bertz CT molecular complexity index is 4090. The minimum Gasteiger partial charge on any atom is -0.309 e. The normalized spacial score (nSPS) is 17.1. The largest absolute Gasteiger partial charge is 0.309 e. The van der Waals surface area contributed by atoms with Crippen LogP contribution in [0.4, 0.5) is 17.1 Å². The second-order valence-electron chi connectivity index (χ2n) is 19.3. The van der Waals surface area contributed by atoms with E-state index in [1.54, 1.807) is 0 Å². The molecule has 3 heteroatoms. The summed E-state index contributed by atoms with van der Waals surface area (Å²) in [5, 5.41) is 9.44. The lowest BCUT2D eigenvalue weighted by molar-refractivity contribution is 0.755. The number of fused-ring (bicyclic) bond motifs is 12. The fourth-order valence-electron chi connectivity index (χ4n) is 13.1. The van der Waals surface area contributed by atoms with Gasteiger partial charge in [0.25, 0.3) is 0 Å². The molecule has 1 aliphatic carbocycles. The molecule has 12 aromatic rings. The summed E-state index contributed by atoms with van der Waals surface area (Å²) in [6.07, 6.45) is 0. The third kappa shape index (κ3) is 5.09. The maximum absolute atomic E-state index is 2.76. The zero-order valence-electron chi connectivity index (χ0n) is 38.1. The molecule has 0 N–H and O–H groups in total. The highest BCUT2D eigenvalue weighted by Crippen LogP contribution is 2.57. The molecule has 4 heterocycles. The molecule has 4 aliphatic rings. The SMILES string of the molecule is C[Si]12c3ccc(cc3)-c3cccc(-c4ccccc4)c3N(c3ccc4c5ccccc5n(-c5ccccc5)c4c3)c3ccc(c1c3)C1(c3ccccc3-c3cccc4cccc1c34)c1ccccc12. The van der Waals surface area contributed by atoms with Gasteiger partial charge in [-0.05, 0) is 113 Å². The topological polar surface area (TPSA) is 8.17 Å². The molecular formula is C66H44N2Si. The molecule has 2 unspecified atom stereocenters. The Hall–Kier alpha value is -8.50. The van der Waals surface area contributed by atoms with Crippen LogP contribution < -0.4 is 20.5 Å². The zero-order chi connectivity index (χ0) is 45.4. The maximum atomic E-state index is 2.63. The van der Waals surface area contributed by atoms with Gasteiger partial charge in [-0.25, -0.2) is 0 Å². The van der Waals surface area contributed by atoms with Gasteiger partial charge in [0, 0.05) is 39.0 Å². The van der Waals surface area contributed by atoms with Crippen molar-refractivity contribution < 1.29 is 0 Å². The Morgan fingerprint density at radius 1 is 0.362 bits per heavy atom. The van der Waals surface area contributed by atoms with Gasteiger partial charge < -0.3 is 9.47 Å². The predicted molar refractivity (Wildman–Crippen MR) is 292 cm³/mol. The van der Waals surface area contributed by atoms with E-state index in [-0.39, 0.29) is 0 Å². The average Bonchev–Trinajstić information content (AvgIpc) is 3.74. The predicted octanol–water partition coefficient (Wildman–Crippen LogP) is 14.8. The second kappa shape index (κ2) is 14.3. The van der Waals surface area contributed by atoms with Gasteiger partial charge in [0.05, 0.1) is 22.1 Å². The number of hydrogen-bond donors (Lipinski definition) is 0. The van der Waals surface area contributed by atoms with E-state index in [4.69, 9.17) is 0 Å². The van der Waals surface area contributed by atoms with Crippen LogP contribution in [0.1, 0.15) is 22.3 Å². The van der Waals surface area contributed by atoms with Crippen molar-refractivity contribution in [3.63, 3.8) is 0 Å². The highest BCUT2D eigenvalue weighted by Gasteiger charge is 2.54. The molecule has 1 spiro atoms. The molecule has 11 aromatic carbocycles. The van der Waals surface area contributed by atoms with Gasteiger partial charge in [-0.1, -0.05) is 213 Å². The first-order valence-electron chi connectivity index (χ1n) is 24.2. The standard InChI is InChI=1S/C66H44N2Si/c1-69-49-37-33-44(34-38-49)51-26-16-25-50(43-17-4-2-5-18-43)65(51)67(47-35-39-54-53-24-9-12-31-60(53)68(61(54)41-47)46-21-6-3-7-22-46)48-36-40-58(63(69)42-48)66(57-29-11-13-32-62(57)69)56-28-10-8-23-52(56)55-27-14-19-45-20-15-30-59(66)64(45)55/h2-42H,1H3. The fraction of sp³-hybridized carbons (Fsp3) is 0.0303. The van der Waals surface area contributed by atoms with Crippen LogP contribution in [0.25, 0.3) is 71.6 Å². The summed E-state index contributed by atoms with van der Waals surface area (Å²) < 4.78 is 2.44. The van der Waals surface area contributed by atoms with E-state index in [1.165, 1.54) is 104 Å². The number of rotatable bonds is 3. The first-order chi connectivity index (χ1) is 34.1. The molecule has 2 atom stereocenters. The lowest BCUT2D eigenvalue weighted by atomic mass is 9.59. The van der Waals surface area contributed by atoms with E-state index < -0.39 is 13.5 Å². The van der Waals surface area contributed by atoms with Crippen molar-refractivity contribution in [2.75, 3.05) is 4.90 Å². The summed E-state index contributed by atoms with van der Waals surface area (Å²) in [4.78, 5) is 2.59. The quantitative estimate of drug-likeness (QED) is 0.160. The van der Waals surface area contributed by atoms with Crippen LogP contribution in [0.3, 0.4) is 0 Å². The highest BCUT2D eigenvalue weighted by molar-refractivity contribution is 7.11. The van der Waals surface area contributed by atoms with Gasteiger partial charge >= 0.3 is 0 Å². The molecule has 0 amide bonds. The number of nitrogens with zero attached hydrogens (tertiary/aromatic N) is 2. The Labute approximate surface area is 402 Å². The van der Waals surface area contributed by atoms with Crippen molar-refractivity contribution in [2.45, 2.75) is 12.0 Å². The van der Waals surface area contributed by atoms with Crippen LogP contribution in [0, 0.1) is 0 Å². The molecule has 16 rings (SSSR count). The zero-order valence-corrected chi connectivity index (χ0v) is 39.1. The van der Waals surface area contributed by atoms with Gasteiger partial charge in [0.1, 0.15) is 8.07 Å². The number of anilines is 3. The Kier molecular flexibility index (Phi) is 7.97. The van der Waals surface area contributed by atoms with Crippen LogP contribution in [-0.4, -0.2) is 12.6 Å². The Morgan fingerprint density at radius 3 is 1.77 bits per heavy atom. The summed E-state index contributed by atoms with van der Waals surface area (Å²) in [7, 11) is -2.76. The molecule has 0 radical (unpaired) electrons. The maximum Gasteiger partial charge on any atom is 0.146 e. The molecule has 3 aliphatic heterocycles. The van der Waals surface area contributed by atoms with Gasteiger partial charge in [-0.3, -0.25) is 0 Å². The van der Waals surface area contributed by atoms with Crippen molar-refractivity contribution in [2.24, 2.45) is 0 Å². The lowest BCUT2D eigenvalue weighted by Gasteiger charge is -2.51. The van der Waals surface area contributed by atoms with E-state index in [0.29, 0.717) is 0 Å². The second-order valence-corrected chi connectivity index (χ2v) is 23.2. The molecule has 2 nitrogen and oxygen atoms in total. The molecule has 0 saturated carbocycles. The van der Waals surface area contributed by atoms with Gasteiger partial charge in [-0.2, -0.15) is 0 Å². The summed E-state index contributed by atoms with van der Waals surface area (Å²) in [5.41, 5.74) is 19.3. The van der Waals surface area contributed by atoms with Crippen LogP contribution >= 0.6 is 0 Å². The summed E-state index contributed by atoms with van der Waals surface area (Å²) in [6.45, 7) is 2.62. The summed E-state index contributed by atoms with van der Waals surface area (Å²) >= 11 is 0. The minimum atomic E-state index is -2.76. The van der Waals surface area contributed by atoms with Crippen molar-refractivity contribution in [1.82, 2.24) is 4.57 Å². The number of para-hydroxylation sites is 3. The van der Waals surface area contributed by atoms with Crippen LogP contribution in [0.5, 0.6) is 0 Å². The van der Waals surface area contributed by atoms with Gasteiger partial charge in [-0.15, -0.1) is 0 Å². The summed E-state index contributed by atoms with van der Waals surface area (Å²) in [5.74, 6) is 0. The fourth-order valence-corrected chi connectivity index (χ4v) is 17.3. The summed E-state index contributed by atoms with van der Waals surface area (Å²) in [6, 6.07) is 94.7. The van der Waals surface area contributed by atoms with Crippen LogP contribution in [-0.2, 0) is 5.41 Å². The smallest absolute Gasteiger partial charge is 0.146 e. The third-order valence-electron chi connectivity index (χ3n) is 16.1. The molecule has 0 saturated heterocycles. The molecule has 322 valence electrons. The highest BCUT2D eigenvalue weighted by atomic mass is 28.3. The number of benzene rings is 11. The number of aromatic nitrogens is 1. The first-order valence-corrected chi connectivity index (χ1v) is 26.7. The average molecular weight is 893 g/mol. The van der Waals surface area contributed by atoms with Crippen molar-refractivity contribution in [3.05, 3.63) is 271 Å². The first kappa shape index (κ1) is 38.6. The van der Waals surface area contributed by atoms with Crippen LogP contribution in [0.2, 0.25) is 6.55 Å². The minimum absolute atomic E-state index is 0.561. The van der Waals surface area contributed by atoms with Crippen molar-refractivity contribution in [1.29, 1.82) is 0 Å². The molecule has 69 heavy (non-hydrogen) atoms.